The zero-order valence-corrected chi connectivity index (χ0v) is 10.1. The van der Waals surface area contributed by atoms with E-state index < -0.39 is 0 Å². The van der Waals surface area contributed by atoms with Crippen LogP contribution in [0.1, 0.15) is 6.92 Å². The molecule has 0 unspecified atom stereocenters. The van der Waals surface area contributed by atoms with E-state index in [-0.39, 0.29) is 0 Å². The first kappa shape index (κ1) is 11.1. The summed E-state index contributed by atoms with van der Waals surface area (Å²) in [5, 5.41) is 5.16. The Kier molecular flexibility index (Phi) is 3.24. The van der Waals surface area contributed by atoms with E-state index in [1.165, 1.54) is 0 Å². The van der Waals surface area contributed by atoms with Crippen LogP contribution in [0.4, 0.5) is 5.82 Å². The fourth-order valence-corrected chi connectivity index (χ4v) is 1.92. The van der Waals surface area contributed by atoms with Crippen LogP contribution in [0.25, 0.3) is 11.0 Å². The lowest BCUT2D eigenvalue weighted by Gasteiger charge is -2.20. The van der Waals surface area contributed by atoms with E-state index in [1.807, 2.05) is 7.05 Å². The summed E-state index contributed by atoms with van der Waals surface area (Å²) in [5.74, 6) is 1.49. The molecule has 0 spiro atoms. The van der Waals surface area contributed by atoms with Gasteiger partial charge in [0.15, 0.2) is 5.65 Å². The maximum atomic E-state index is 5.78. The topological polar surface area (TPSA) is 46.8 Å². The number of aryl methyl sites for hydroxylation is 1. The molecule has 0 aromatic carbocycles. The van der Waals surface area contributed by atoms with Crippen LogP contribution in [0.2, 0.25) is 0 Å². The van der Waals surface area contributed by atoms with E-state index in [0.29, 0.717) is 5.88 Å². The number of rotatable bonds is 4. The largest absolute Gasteiger partial charge is 0.355 e. The van der Waals surface area contributed by atoms with Crippen molar-refractivity contribution < 1.29 is 0 Å². The monoisotopic (exact) mass is 239 g/mol. The maximum Gasteiger partial charge on any atom is 0.163 e. The van der Waals surface area contributed by atoms with Crippen LogP contribution in [0.5, 0.6) is 0 Å². The second-order valence-electron chi connectivity index (χ2n) is 3.47. The standard InChI is InChI=1S/C10H14ClN5/c1-3-16(5-4-11)10-8-6-14-15(2)9(8)12-7-13-10/h6-7H,3-5H2,1-2H3. The highest BCUT2D eigenvalue weighted by Gasteiger charge is 2.12. The molecule has 0 fully saturated rings. The molecule has 0 amide bonds. The van der Waals surface area contributed by atoms with Crippen molar-refractivity contribution in [3.05, 3.63) is 12.5 Å². The van der Waals surface area contributed by atoms with E-state index in [1.54, 1.807) is 17.2 Å². The van der Waals surface area contributed by atoms with Gasteiger partial charge in [-0.05, 0) is 6.92 Å². The predicted octanol–water partition coefficient (Wildman–Crippen LogP) is 1.43. The van der Waals surface area contributed by atoms with Crippen molar-refractivity contribution in [2.24, 2.45) is 7.05 Å². The quantitative estimate of drug-likeness (QED) is 0.758. The molecule has 16 heavy (non-hydrogen) atoms. The second-order valence-corrected chi connectivity index (χ2v) is 3.85. The molecule has 0 radical (unpaired) electrons. The molecule has 0 N–H and O–H groups in total. The summed E-state index contributed by atoms with van der Waals surface area (Å²) < 4.78 is 1.75. The van der Waals surface area contributed by atoms with Crippen molar-refractivity contribution in [1.82, 2.24) is 19.7 Å². The van der Waals surface area contributed by atoms with Gasteiger partial charge in [0.2, 0.25) is 0 Å². The number of hydrogen-bond acceptors (Lipinski definition) is 4. The van der Waals surface area contributed by atoms with E-state index in [0.717, 1.165) is 29.9 Å². The van der Waals surface area contributed by atoms with Crippen molar-refractivity contribution in [2.75, 3.05) is 23.9 Å². The Labute approximate surface area is 99.0 Å². The fraction of sp³-hybridized carbons (Fsp3) is 0.500. The van der Waals surface area contributed by atoms with Crippen molar-refractivity contribution >= 4 is 28.5 Å². The molecule has 2 aromatic heterocycles. The SMILES string of the molecule is CCN(CCCl)c1ncnc2c1cnn2C. The molecule has 0 saturated carbocycles. The van der Waals surface area contributed by atoms with E-state index in [2.05, 4.69) is 26.9 Å². The first-order valence-corrected chi connectivity index (χ1v) is 5.75. The van der Waals surface area contributed by atoms with Crippen LogP contribution in [0.15, 0.2) is 12.5 Å². The summed E-state index contributed by atoms with van der Waals surface area (Å²) in [4.78, 5) is 10.6. The number of aromatic nitrogens is 4. The highest BCUT2D eigenvalue weighted by Crippen LogP contribution is 2.21. The third kappa shape index (κ3) is 1.82. The van der Waals surface area contributed by atoms with Gasteiger partial charge in [-0.15, -0.1) is 11.6 Å². The maximum absolute atomic E-state index is 5.78. The highest BCUT2D eigenvalue weighted by atomic mass is 35.5. The summed E-state index contributed by atoms with van der Waals surface area (Å²) in [6.45, 7) is 3.73. The van der Waals surface area contributed by atoms with Gasteiger partial charge in [0.05, 0.1) is 11.6 Å². The van der Waals surface area contributed by atoms with Gasteiger partial charge in [-0.25, -0.2) is 9.97 Å². The Hall–Kier alpha value is -1.36. The van der Waals surface area contributed by atoms with Gasteiger partial charge in [0, 0.05) is 26.0 Å². The average Bonchev–Trinajstić information content (AvgIpc) is 2.68. The minimum Gasteiger partial charge on any atom is -0.355 e. The Balaban J connectivity index is 2.50. The van der Waals surface area contributed by atoms with Crippen LogP contribution in [-0.4, -0.2) is 38.7 Å². The van der Waals surface area contributed by atoms with Gasteiger partial charge in [-0.3, -0.25) is 4.68 Å². The van der Waals surface area contributed by atoms with Crippen molar-refractivity contribution in [3.8, 4) is 0 Å². The molecule has 2 heterocycles. The van der Waals surface area contributed by atoms with Crippen LogP contribution >= 0.6 is 11.6 Å². The molecular formula is C10H14ClN5. The summed E-state index contributed by atoms with van der Waals surface area (Å²) in [6.07, 6.45) is 3.36. The van der Waals surface area contributed by atoms with Gasteiger partial charge in [-0.2, -0.15) is 5.10 Å². The van der Waals surface area contributed by atoms with Crippen molar-refractivity contribution in [1.29, 1.82) is 0 Å². The van der Waals surface area contributed by atoms with E-state index >= 15 is 0 Å². The normalized spacial score (nSPS) is 10.9. The molecule has 6 heteroatoms. The van der Waals surface area contributed by atoms with Crippen molar-refractivity contribution in [2.45, 2.75) is 6.92 Å². The lowest BCUT2D eigenvalue weighted by molar-refractivity contribution is 0.784. The van der Waals surface area contributed by atoms with Gasteiger partial charge < -0.3 is 4.90 Å². The first-order chi connectivity index (χ1) is 7.77. The minimum atomic E-state index is 0.583. The van der Waals surface area contributed by atoms with Gasteiger partial charge in [0.25, 0.3) is 0 Å². The number of nitrogens with zero attached hydrogens (tertiary/aromatic N) is 5. The summed E-state index contributed by atoms with van der Waals surface area (Å²) in [7, 11) is 1.87. The Bertz CT molecular complexity index is 481. The van der Waals surface area contributed by atoms with Gasteiger partial charge in [0.1, 0.15) is 12.1 Å². The predicted molar refractivity (Wildman–Crippen MR) is 64.9 cm³/mol. The number of fused-ring (bicyclic) bond motifs is 1. The van der Waals surface area contributed by atoms with E-state index in [4.69, 9.17) is 11.6 Å². The molecule has 0 aliphatic carbocycles. The second kappa shape index (κ2) is 4.65. The third-order valence-electron chi connectivity index (χ3n) is 2.54. The number of alkyl halides is 1. The molecule has 86 valence electrons. The summed E-state index contributed by atoms with van der Waals surface area (Å²) in [5.41, 5.74) is 0.845. The lowest BCUT2D eigenvalue weighted by Crippen LogP contribution is -2.26. The molecule has 0 atom stereocenters. The van der Waals surface area contributed by atoms with E-state index in [9.17, 15) is 0 Å². The molecule has 5 nitrogen and oxygen atoms in total. The Morgan fingerprint density at radius 1 is 1.44 bits per heavy atom. The third-order valence-corrected chi connectivity index (χ3v) is 2.71. The van der Waals surface area contributed by atoms with Crippen molar-refractivity contribution in [3.63, 3.8) is 0 Å². The number of hydrogen-bond donors (Lipinski definition) is 0. The number of halogens is 1. The van der Waals surface area contributed by atoms with Crippen LogP contribution in [-0.2, 0) is 7.05 Å². The highest BCUT2D eigenvalue weighted by molar-refractivity contribution is 6.18. The molecule has 0 aliphatic rings. The zero-order valence-electron chi connectivity index (χ0n) is 9.39. The zero-order chi connectivity index (χ0) is 11.5. The fourth-order valence-electron chi connectivity index (χ4n) is 1.72. The molecule has 0 saturated heterocycles. The molecule has 2 rings (SSSR count). The number of anilines is 1. The average molecular weight is 240 g/mol. The minimum absolute atomic E-state index is 0.583. The summed E-state index contributed by atoms with van der Waals surface area (Å²) >= 11 is 5.78. The molecule has 0 aliphatic heterocycles. The molecule has 0 bridgehead atoms. The molecular weight excluding hydrogens is 226 g/mol. The lowest BCUT2D eigenvalue weighted by atomic mass is 10.3. The molecule has 2 aromatic rings. The Morgan fingerprint density at radius 2 is 2.25 bits per heavy atom. The van der Waals surface area contributed by atoms with Gasteiger partial charge in [-0.1, -0.05) is 0 Å². The van der Waals surface area contributed by atoms with Crippen LogP contribution in [0, 0.1) is 0 Å². The first-order valence-electron chi connectivity index (χ1n) is 5.21. The summed E-state index contributed by atoms with van der Waals surface area (Å²) in [6, 6.07) is 0. The Morgan fingerprint density at radius 3 is 2.94 bits per heavy atom. The van der Waals surface area contributed by atoms with Gasteiger partial charge >= 0.3 is 0 Å². The smallest absolute Gasteiger partial charge is 0.163 e. The van der Waals surface area contributed by atoms with Crippen LogP contribution in [0.3, 0.4) is 0 Å². The van der Waals surface area contributed by atoms with Crippen LogP contribution < -0.4 is 4.90 Å².